The molecule has 3 aromatic rings. The Labute approximate surface area is 184 Å². The van der Waals surface area contributed by atoms with Crippen LogP contribution < -0.4 is 10.9 Å². The first-order chi connectivity index (χ1) is 14.8. The normalized spacial score (nSPS) is 14.7. The van der Waals surface area contributed by atoms with Crippen LogP contribution >= 0.6 is 11.3 Å². The number of hydrogen-bond donors (Lipinski definition) is 1. The minimum atomic E-state index is -0.285. The molecule has 0 unspecified atom stereocenters. The lowest BCUT2D eigenvalue weighted by atomic mass is 9.99. The van der Waals surface area contributed by atoms with Crippen molar-refractivity contribution in [3.63, 3.8) is 0 Å². The largest absolute Gasteiger partial charge is 0.341 e. The van der Waals surface area contributed by atoms with Crippen LogP contribution in [-0.4, -0.2) is 39.4 Å². The zero-order valence-electron chi connectivity index (χ0n) is 18.0. The molecular formula is C23H26N4O3S. The average Bonchev–Trinajstić information content (AvgIpc) is 3.09. The van der Waals surface area contributed by atoms with Gasteiger partial charge in [-0.25, -0.2) is 4.98 Å². The highest BCUT2D eigenvalue weighted by Crippen LogP contribution is 2.28. The summed E-state index contributed by atoms with van der Waals surface area (Å²) in [5.74, 6) is 0.294. The summed E-state index contributed by atoms with van der Waals surface area (Å²) in [6, 6.07) is 7.54. The molecule has 2 amide bonds. The van der Waals surface area contributed by atoms with Crippen molar-refractivity contribution in [2.24, 2.45) is 5.92 Å². The zero-order valence-corrected chi connectivity index (χ0v) is 18.8. The van der Waals surface area contributed by atoms with Crippen molar-refractivity contribution in [2.75, 3.05) is 18.4 Å². The summed E-state index contributed by atoms with van der Waals surface area (Å²) in [4.78, 5) is 45.8. The van der Waals surface area contributed by atoms with Crippen molar-refractivity contribution in [3.05, 3.63) is 57.0 Å². The number of fused-ring (bicyclic) bond motifs is 1. The lowest BCUT2D eigenvalue weighted by Gasteiger charge is -2.30. The number of thiophene rings is 1. The van der Waals surface area contributed by atoms with Gasteiger partial charge in [0.1, 0.15) is 11.4 Å². The van der Waals surface area contributed by atoms with Crippen molar-refractivity contribution >= 4 is 39.1 Å². The summed E-state index contributed by atoms with van der Waals surface area (Å²) >= 11 is 1.20. The molecule has 1 aromatic carbocycles. The Morgan fingerprint density at radius 2 is 1.90 bits per heavy atom. The van der Waals surface area contributed by atoms with Crippen LogP contribution in [0.2, 0.25) is 0 Å². The third-order valence-electron chi connectivity index (χ3n) is 5.96. The van der Waals surface area contributed by atoms with Gasteiger partial charge in [0.15, 0.2) is 0 Å². The molecule has 3 heterocycles. The predicted molar refractivity (Wildman–Crippen MR) is 123 cm³/mol. The number of nitrogens with one attached hydrogen (secondary N) is 1. The second-order valence-electron chi connectivity index (χ2n) is 8.25. The molecule has 8 heteroatoms. The fraction of sp³-hybridized carbons (Fsp3) is 0.391. The maximum atomic E-state index is 13.1. The maximum absolute atomic E-state index is 13.1. The van der Waals surface area contributed by atoms with Crippen LogP contribution in [0.5, 0.6) is 0 Å². The second kappa shape index (κ2) is 8.63. The topological polar surface area (TPSA) is 84.3 Å². The van der Waals surface area contributed by atoms with E-state index >= 15 is 0 Å². The lowest BCUT2D eigenvalue weighted by Crippen LogP contribution is -2.41. The number of piperidine rings is 1. The molecule has 0 saturated carbocycles. The first-order valence-electron chi connectivity index (χ1n) is 10.5. The van der Waals surface area contributed by atoms with Crippen molar-refractivity contribution < 1.29 is 9.59 Å². The number of anilines is 1. The van der Waals surface area contributed by atoms with Crippen LogP contribution in [0.4, 0.5) is 5.69 Å². The Morgan fingerprint density at radius 1 is 1.19 bits per heavy atom. The van der Waals surface area contributed by atoms with E-state index in [1.165, 1.54) is 22.2 Å². The first-order valence-corrected chi connectivity index (χ1v) is 11.3. The molecule has 1 N–H and O–H groups in total. The van der Waals surface area contributed by atoms with Gasteiger partial charge in [0.25, 0.3) is 11.5 Å². The number of para-hydroxylation sites is 1. The molecule has 1 aliphatic rings. The minimum Gasteiger partial charge on any atom is -0.341 e. The molecule has 0 spiro atoms. The van der Waals surface area contributed by atoms with E-state index in [0.29, 0.717) is 26.6 Å². The summed E-state index contributed by atoms with van der Waals surface area (Å²) in [5, 5.41) is 3.32. The van der Waals surface area contributed by atoms with Gasteiger partial charge in [-0.3, -0.25) is 19.0 Å². The number of likely N-dealkylation sites (tertiary alicyclic amines) is 1. The lowest BCUT2D eigenvalue weighted by molar-refractivity contribution is -0.133. The number of amides is 2. The standard InChI is InChI=1S/C23H26N4O3S/c1-14-8-10-26(11-9-14)18(28)12-27-13-24-22-19(23(27)30)16(3)20(31-22)21(29)25-17-7-5-4-6-15(17)2/h4-7,13-14H,8-12H2,1-3H3,(H,25,29). The number of nitrogens with zero attached hydrogens (tertiary/aromatic N) is 3. The molecule has 0 aliphatic carbocycles. The summed E-state index contributed by atoms with van der Waals surface area (Å²) in [6.07, 6.45) is 3.38. The molecule has 4 rings (SSSR count). The van der Waals surface area contributed by atoms with E-state index in [9.17, 15) is 14.4 Å². The van der Waals surface area contributed by atoms with Crippen molar-refractivity contribution in [2.45, 2.75) is 40.2 Å². The van der Waals surface area contributed by atoms with Crippen molar-refractivity contribution in [1.82, 2.24) is 14.5 Å². The van der Waals surface area contributed by atoms with Gasteiger partial charge in [-0.15, -0.1) is 11.3 Å². The van der Waals surface area contributed by atoms with Gasteiger partial charge in [-0.05, 0) is 49.8 Å². The molecular weight excluding hydrogens is 412 g/mol. The smallest absolute Gasteiger partial charge is 0.266 e. The quantitative estimate of drug-likeness (QED) is 0.675. The molecule has 31 heavy (non-hydrogen) atoms. The summed E-state index contributed by atoms with van der Waals surface area (Å²) in [5.41, 5.74) is 2.00. The third kappa shape index (κ3) is 4.25. The fourth-order valence-electron chi connectivity index (χ4n) is 3.88. The van der Waals surface area contributed by atoms with E-state index in [1.54, 1.807) is 6.92 Å². The number of carbonyl (C=O) groups excluding carboxylic acids is 2. The van der Waals surface area contributed by atoms with E-state index in [-0.39, 0.29) is 23.9 Å². The molecule has 162 valence electrons. The number of rotatable bonds is 4. The summed E-state index contributed by atoms with van der Waals surface area (Å²) in [6.45, 7) is 7.29. The SMILES string of the molecule is Cc1ccccc1NC(=O)c1sc2ncn(CC(=O)N3CCC(C)CC3)c(=O)c2c1C. The Bertz CT molecular complexity index is 1210. The van der Waals surface area contributed by atoms with Crippen molar-refractivity contribution in [3.8, 4) is 0 Å². The van der Waals surface area contributed by atoms with Gasteiger partial charge in [-0.1, -0.05) is 25.1 Å². The van der Waals surface area contributed by atoms with Gasteiger partial charge >= 0.3 is 0 Å². The minimum absolute atomic E-state index is 0.0316. The zero-order chi connectivity index (χ0) is 22.1. The summed E-state index contributed by atoms with van der Waals surface area (Å²) in [7, 11) is 0. The van der Waals surface area contributed by atoms with E-state index in [1.807, 2.05) is 36.1 Å². The number of hydrogen-bond acceptors (Lipinski definition) is 5. The monoisotopic (exact) mass is 438 g/mol. The molecule has 7 nitrogen and oxygen atoms in total. The Kier molecular flexibility index (Phi) is 5.91. The van der Waals surface area contributed by atoms with Crippen LogP contribution in [0.25, 0.3) is 10.2 Å². The maximum Gasteiger partial charge on any atom is 0.266 e. The van der Waals surface area contributed by atoms with E-state index in [0.717, 1.165) is 37.2 Å². The Balaban J connectivity index is 1.59. The van der Waals surface area contributed by atoms with Gasteiger partial charge < -0.3 is 10.2 Å². The second-order valence-corrected chi connectivity index (χ2v) is 9.25. The number of carbonyl (C=O) groups is 2. The van der Waals surface area contributed by atoms with Gasteiger partial charge in [0.2, 0.25) is 5.91 Å². The predicted octanol–water partition coefficient (Wildman–Crippen LogP) is 3.59. The van der Waals surface area contributed by atoms with Crippen LogP contribution in [0, 0.1) is 19.8 Å². The molecule has 0 bridgehead atoms. The van der Waals surface area contributed by atoms with E-state index in [4.69, 9.17) is 0 Å². The molecule has 1 saturated heterocycles. The number of benzene rings is 1. The number of aryl methyl sites for hydroxylation is 2. The van der Waals surface area contributed by atoms with Crippen LogP contribution in [0.1, 0.15) is 40.6 Å². The summed E-state index contributed by atoms with van der Waals surface area (Å²) < 4.78 is 1.35. The van der Waals surface area contributed by atoms with E-state index < -0.39 is 0 Å². The van der Waals surface area contributed by atoms with Crippen LogP contribution in [-0.2, 0) is 11.3 Å². The fourth-order valence-corrected chi connectivity index (χ4v) is 4.92. The Morgan fingerprint density at radius 3 is 2.61 bits per heavy atom. The molecule has 0 radical (unpaired) electrons. The number of aromatic nitrogens is 2. The van der Waals surface area contributed by atoms with Gasteiger partial charge in [0, 0.05) is 18.8 Å². The van der Waals surface area contributed by atoms with Crippen molar-refractivity contribution in [1.29, 1.82) is 0 Å². The van der Waals surface area contributed by atoms with Crippen LogP contribution in [0.3, 0.4) is 0 Å². The molecule has 1 fully saturated rings. The molecule has 0 atom stereocenters. The third-order valence-corrected chi connectivity index (χ3v) is 7.16. The highest BCUT2D eigenvalue weighted by atomic mass is 32.1. The molecule has 1 aliphatic heterocycles. The average molecular weight is 439 g/mol. The first kappa shape index (κ1) is 21.2. The van der Waals surface area contributed by atoms with Crippen LogP contribution in [0.15, 0.2) is 35.4 Å². The van der Waals surface area contributed by atoms with Gasteiger partial charge in [0.05, 0.1) is 16.6 Å². The Hall–Kier alpha value is -3.00. The highest BCUT2D eigenvalue weighted by Gasteiger charge is 2.23. The molecule has 2 aromatic heterocycles. The van der Waals surface area contributed by atoms with E-state index in [2.05, 4.69) is 17.2 Å². The van der Waals surface area contributed by atoms with Gasteiger partial charge in [-0.2, -0.15) is 0 Å². The highest BCUT2D eigenvalue weighted by molar-refractivity contribution is 7.20.